The smallest absolute Gasteiger partial charge is 0.264 e. The largest absolute Gasteiger partial charge is 0.278 e. The molecule has 0 amide bonds. The minimum Gasteiger partial charge on any atom is -0.278 e. The molecule has 0 saturated carbocycles. The molecule has 0 aliphatic rings. The van der Waals surface area contributed by atoms with Crippen molar-refractivity contribution in [2.24, 2.45) is 0 Å². The van der Waals surface area contributed by atoms with Gasteiger partial charge in [0.05, 0.1) is 10.7 Å². The van der Waals surface area contributed by atoms with Crippen LogP contribution in [0.4, 0.5) is 10.1 Å². The van der Waals surface area contributed by atoms with Crippen LogP contribution in [0.2, 0.25) is 5.02 Å². The molecule has 0 unspecified atom stereocenters. The average molecular weight is 300 g/mol. The Morgan fingerprint density at radius 1 is 1.11 bits per heavy atom. The first-order chi connectivity index (χ1) is 8.92. The van der Waals surface area contributed by atoms with Gasteiger partial charge in [-0.1, -0.05) is 35.9 Å². The first-order valence-electron chi connectivity index (χ1n) is 5.44. The monoisotopic (exact) mass is 299 g/mol. The van der Waals surface area contributed by atoms with Crippen LogP contribution in [0, 0.1) is 12.7 Å². The van der Waals surface area contributed by atoms with Crippen molar-refractivity contribution in [3.63, 3.8) is 0 Å². The van der Waals surface area contributed by atoms with Gasteiger partial charge in [0, 0.05) is 0 Å². The molecule has 2 rings (SSSR count). The molecule has 6 heteroatoms. The van der Waals surface area contributed by atoms with Gasteiger partial charge in [-0.3, -0.25) is 4.72 Å². The van der Waals surface area contributed by atoms with E-state index in [4.69, 9.17) is 11.6 Å². The van der Waals surface area contributed by atoms with Gasteiger partial charge in [-0.2, -0.15) is 0 Å². The van der Waals surface area contributed by atoms with Crippen LogP contribution in [0.15, 0.2) is 47.4 Å². The van der Waals surface area contributed by atoms with Gasteiger partial charge >= 0.3 is 0 Å². The van der Waals surface area contributed by atoms with Crippen LogP contribution < -0.4 is 4.72 Å². The number of rotatable bonds is 3. The summed E-state index contributed by atoms with van der Waals surface area (Å²) in [6.07, 6.45) is 0. The van der Waals surface area contributed by atoms with Crippen LogP contribution in [0.5, 0.6) is 0 Å². The molecule has 0 atom stereocenters. The van der Waals surface area contributed by atoms with Crippen molar-refractivity contribution >= 4 is 27.3 Å². The zero-order valence-electron chi connectivity index (χ0n) is 10.0. The Labute approximate surface area is 116 Å². The number of halogens is 2. The molecule has 100 valence electrons. The maximum atomic E-state index is 13.5. The molecule has 0 bridgehead atoms. The molecule has 0 fully saturated rings. The first-order valence-corrected chi connectivity index (χ1v) is 7.30. The molecular weight excluding hydrogens is 289 g/mol. The van der Waals surface area contributed by atoms with Crippen molar-refractivity contribution in [3.05, 3.63) is 58.9 Å². The van der Waals surface area contributed by atoms with Gasteiger partial charge in [-0.15, -0.1) is 0 Å². The third kappa shape index (κ3) is 2.88. The van der Waals surface area contributed by atoms with Crippen LogP contribution in [-0.4, -0.2) is 8.42 Å². The van der Waals surface area contributed by atoms with E-state index in [0.29, 0.717) is 5.56 Å². The van der Waals surface area contributed by atoms with E-state index in [0.717, 1.165) is 6.07 Å². The normalized spacial score (nSPS) is 11.3. The number of sulfonamides is 1. The van der Waals surface area contributed by atoms with E-state index in [-0.39, 0.29) is 10.7 Å². The van der Waals surface area contributed by atoms with E-state index in [1.165, 1.54) is 18.2 Å². The van der Waals surface area contributed by atoms with Crippen molar-refractivity contribution in [2.75, 3.05) is 4.72 Å². The summed E-state index contributed by atoms with van der Waals surface area (Å²) in [4.78, 5) is -0.408. The fourth-order valence-electron chi connectivity index (χ4n) is 1.61. The van der Waals surface area contributed by atoms with Crippen LogP contribution in [0.1, 0.15) is 5.56 Å². The highest BCUT2D eigenvalue weighted by Gasteiger charge is 2.20. The fourth-order valence-corrected chi connectivity index (χ4v) is 3.17. The summed E-state index contributed by atoms with van der Waals surface area (Å²) in [5.41, 5.74) is 0.917. The Morgan fingerprint density at radius 2 is 1.79 bits per heavy atom. The van der Waals surface area contributed by atoms with Crippen LogP contribution in [0.3, 0.4) is 0 Å². The second kappa shape index (κ2) is 5.19. The predicted octanol–water partition coefficient (Wildman–Crippen LogP) is 3.59. The van der Waals surface area contributed by atoms with Crippen molar-refractivity contribution in [2.45, 2.75) is 11.8 Å². The number of hydrogen-bond acceptors (Lipinski definition) is 2. The summed E-state index contributed by atoms with van der Waals surface area (Å²) in [5.74, 6) is -0.806. The summed E-state index contributed by atoms with van der Waals surface area (Å²) in [6.45, 7) is 1.71. The summed E-state index contributed by atoms with van der Waals surface area (Å²) in [7, 11) is -4.00. The molecular formula is C13H11ClFNO2S. The second-order valence-electron chi connectivity index (χ2n) is 3.97. The second-order valence-corrected chi connectivity index (χ2v) is 6.03. The molecule has 3 nitrogen and oxygen atoms in total. The standard InChI is InChI=1S/C13H11ClFNO2S/c1-9-5-4-6-10(14)13(9)16-19(17,18)12-8-3-2-7-11(12)15/h2-8,16H,1H3. The number of nitrogens with one attached hydrogen (secondary N) is 1. The van der Waals surface area contributed by atoms with Crippen molar-refractivity contribution in [1.82, 2.24) is 0 Å². The van der Waals surface area contributed by atoms with Gasteiger partial charge in [0.25, 0.3) is 10.0 Å². The Hall–Kier alpha value is -1.59. The van der Waals surface area contributed by atoms with Crippen LogP contribution in [-0.2, 0) is 10.0 Å². The molecule has 1 N–H and O–H groups in total. The van der Waals surface area contributed by atoms with E-state index in [9.17, 15) is 12.8 Å². The van der Waals surface area contributed by atoms with Crippen LogP contribution >= 0.6 is 11.6 Å². The summed E-state index contributed by atoms with van der Waals surface area (Å²) in [6, 6.07) is 10.2. The lowest BCUT2D eigenvalue weighted by atomic mass is 10.2. The highest BCUT2D eigenvalue weighted by Crippen LogP contribution is 2.28. The molecule has 0 spiro atoms. The summed E-state index contributed by atoms with van der Waals surface area (Å²) >= 11 is 5.94. The van der Waals surface area contributed by atoms with Crippen molar-refractivity contribution < 1.29 is 12.8 Å². The van der Waals surface area contributed by atoms with Gasteiger partial charge in [0.15, 0.2) is 0 Å². The molecule has 0 saturated heterocycles. The number of benzene rings is 2. The molecule has 2 aromatic carbocycles. The molecule has 0 aliphatic carbocycles. The third-order valence-corrected chi connectivity index (χ3v) is 4.28. The number of aryl methyl sites for hydroxylation is 1. The zero-order chi connectivity index (χ0) is 14.0. The van der Waals surface area contributed by atoms with Gasteiger partial charge in [-0.05, 0) is 30.7 Å². The maximum absolute atomic E-state index is 13.5. The number of anilines is 1. The van der Waals surface area contributed by atoms with Crippen molar-refractivity contribution in [3.8, 4) is 0 Å². The number of para-hydroxylation sites is 1. The summed E-state index contributed by atoms with van der Waals surface area (Å²) < 4.78 is 40.1. The lowest BCUT2D eigenvalue weighted by Crippen LogP contribution is -2.15. The molecule has 0 radical (unpaired) electrons. The zero-order valence-corrected chi connectivity index (χ0v) is 11.6. The quantitative estimate of drug-likeness (QED) is 0.941. The predicted molar refractivity (Wildman–Crippen MR) is 73.4 cm³/mol. The first kappa shape index (κ1) is 13.8. The minimum atomic E-state index is -4.00. The lowest BCUT2D eigenvalue weighted by Gasteiger charge is -2.12. The maximum Gasteiger partial charge on any atom is 0.264 e. The van der Waals surface area contributed by atoms with Crippen LogP contribution in [0.25, 0.3) is 0 Å². The van der Waals surface area contributed by atoms with Gasteiger partial charge in [0.2, 0.25) is 0 Å². The molecule has 0 aromatic heterocycles. The molecule has 0 aliphatic heterocycles. The van der Waals surface area contributed by atoms with E-state index in [1.54, 1.807) is 25.1 Å². The highest BCUT2D eigenvalue weighted by atomic mass is 35.5. The molecule has 2 aromatic rings. The van der Waals surface area contributed by atoms with Crippen molar-refractivity contribution in [1.29, 1.82) is 0 Å². The van der Waals surface area contributed by atoms with E-state index in [2.05, 4.69) is 4.72 Å². The Morgan fingerprint density at radius 3 is 2.42 bits per heavy atom. The van der Waals surface area contributed by atoms with Gasteiger partial charge in [-0.25, -0.2) is 12.8 Å². The van der Waals surface area contributed by atoms with E-state index >= 15 is 0 Å². The molecule has 19 heavy (non-hydrogen) atoms. The Kier molecular flexibility index (Phi) is 3.78. The SMILES string of the molecule is Cc1cccc(Cl)c1NS(=O)(=O)c1ccccc1F. The van der Waals surface area contributed by atoms with E-state index in [1.807, 2.05) is 0 Å². The topological polar surface area (TPSA) is 46.2 Å². The average Bonchev–Trinajstić information content (AvgIpc) is 2.34. The Bertz CT molecular complexity index is 696. The number of hydrogen-bond donors (Lipinski definition) is 1. The minimum absolute atomic E-state index is 0.257. The van der Waals surface area contributed by atoms with E-state index < -0.39 is 20.7 Å². The fraction of sp³-hybridized carbons (Fsp3) is 0.0769. The van der Waals surface area contributed by atoms with Gasteiger partial charge in [0.1, 0.15) is 10.7 Å². The Balaban J connectivity index is 2.46. The lowest BCUT2D eigenvalue weighted by molar-refractivity contribution is 0.570. The third-order valence-electron chi connectivity index (χ3n) is 2.58. The summed E-state index contributed by atoms with van der Waals surface area (Å²) in [5, 5.41) is 0.264. The highest BCUT2D eigenvalue weighted by molar-refractivity contribution is 7.92. The molecule has 0 heterocycles. The van der Waals surface area contributed by atoms with Gasteiger partial charge < -0.3 is 0 Å².